The van der Waals surface area contributed by atoms with Crippen LogP contribution in [-0.4, -0.2) is 36.6 Å². The van der Waals surface area contributed by atoms with Crippen LogP contribution in [0.15, 0.2) is 0 Å². The molecule has 0 saturated carbocycles. The summed E-state index contributed by atoms with van der Waals surface area (Å²) >= 11 is 0. The van der Waals surface area contributed by atoms with Gasteiger partial charge in [-0.2, -0.15) is 0 Å². The van der Waals surface area contributed by atoms with Gasteiger partial charge in [-0.05, 0) is 27.7 Å². The van der Waals surface area contributed by atoms with Crippen LogP contribution >= 0.6 is 0 Å². The molecular weight excluding hydrogens is 156 g/mol. The number of hydrogen-bond donors (Lipinski definition) is 1. The third-order valence-corrected chi connectivity index (χ3v) is 1.22. The van der Waals surface area contributed by atoms with Crippen LogP contribution in [0.3, 0.4) is 0 Å². The maximum Gasteiger partial charge on any atom is 0.0783 e. The zero-order valence-electron chi connectivity index (χ0n) is 8.41. The van der Waals surface area contributed by atoms with Gasteiger partial charge in [0.2, 0.25) is 0 Å². The molecule has 0 rings (SSSR count). The molecule has 0 aliphatic rings. The molecule has 3 heteroatoms. The highest BCUT2D eigenvalue weighted by atomic mass is 16.5. The number of hydrogen-bond acceptors (Lipinski definition) is 3. The van der Waals surface area contributed by atoms with Crippen molar-refractivity contribution >= 4 is 0 Å². The molecule has 0 bridgehead atoms. The SMILES string of the molecule is CC(C)O[C@@H](C)COC[C@@H](C)O. The molecule has 74 valence electrons. The molecule has 3 nitrogen and oxygen atoms in total. The van der Waals surface area contributed by atoms with Crippen LogP contribution in [-0.2, 0) is 9.47 Å². The lowest BCUT2D eigenvalue weighted by Crippen LogP contribution is -2.22. The minimum atomic E-state index is -0.392. The number of rotatable bonds is 6. The highest BCUT2D eigenvalue weighted by Gasteiger charge is 2.05. The molecule has 0 amide bonds. The summed E-state index contributed by atoms with van der Waals surface area (Å²) in [6, 6.07) is 0. The lowest BCUT2D eigenvalue weighted by Gasteiger charge is -2.16. The Morgan fingerprint density at radius 1 is 1.08 bits per heavy atom. The van der Waals surface area contributed by atoms with Crippen molar-refractivity contribution < 1.29 is 14.6 Å². The van der Waals surface area contributed by atoms with E-state index >= 15 is 0 Å². The van der Waals surface area contributed by atoms with Gasteiger partial charge in [-0.15, -0.1) is 0 Å². The summed E-state index contributed by atoms with van der Waals surface area (Å²) in [5, 5.41) is 8.88. The van der Waals surface area contributed by atoms with Gasteiger partial charge in [0.05, 0.1) is 31.5 Å². The summed E-state index contributed by atoms with van der Waals surface area (Å²) in [5.41, 5.74) is 0. The van der Waals surface area contributed by atoms with E-state index in [1.165, 1.54) is 0 Å². The van der Waals surface area contributed by atoms with Crippen molar-refractivity contribution in [3.05, 3.63) is 0 Å². The third kappa shape index (κ3) is 7.98. The Bertz CT molecular complexity index is 102. The Morgan fingerprint density at radius 3 is 2.08 bits per heavy atom. The third-order valence-electron chi connectivity index (χ3n) is 1.22. The Balaban J connectivity index is 3.25. The second-order valence-electron chi connectivity index (χ2n) is 3.38. The van der Waals surface area contributed by atoms with Gasteiger partial charge in [0.25, 0.3) is 0 Å². The average molecular weight is 176 g/mol. The predicted molar refractivity (Wildman–Crippen MR) is 48.2 cm³/mol. The largest absolute Gasteiger partial charge is 0.391 e. The molecule has 12 heavy (non-hydrogen) atoms. The zero-order chi connectivity index (χ0) is 9.56. The lowest BCUT2D eigenvalue weighted by atomic mass is 10.4. The van der Waals surface area contributed by atoms with E-state index in [0.717, 1.165) is 0 Å². The summed E-state index contributed by atoms with van der Waals surface area (Å²) in [7, 11) is 0. The maximum atomic E-state index is 8.88. The molecule has 0 aromatic carbocycles. The highest BCUT2D eigenvalue weighted by molar-refractivity contribution is 4.51. The standard InChI is InChI=1S/C9H20O3/c1-7(2)12-9(4)6-11-5-8(3)10/h7-10H,5-6H2,1-4H3/t8-,9+/m1/s1. The molecule has 0 radical (unpaired) electrons. The fourth-order valence-corrected chi connectivity index (χ4v) is 0.908. The fourth-order valence-electron chi connectivity index (χ4n) is 0.908. The van der Waals surface area contributed by atoms with Crippen molar-refractivity contribution in [3.63, 3.8) is 0 Å². The average Bonchev–Trinajstić information content (AvgIpc) is 1.84. The first-order valence-corrected chi connectivity index (χ1v) is 4.43. The van der Waals surface area contributed by atoms with Crippen molar-refractivity contribution in [2.75, 3.05) is 13.2 Å². The van der Waals surface area contributed by atoms with E-state index in [4.69, 9.17) is 14.6 Å². The maximum absolute atomic E-state index is 8.88. The summed E-state index contributed by atoms with van der Waals surface area (Å²) in [4.78, 5) is 0. The smallest absolute Gasteiger partial charge is 0.0783 e. The van der Waals surface area contributed by atoms with Crippen molar-refractivity contribution in [1.82, 2.24) is 0 Å². The number of aliphatic hydroxyl groups is 1. The summed E-state index contributed by atoms with van der Waals surface area (Å²) in [5.74, 6) is 0. The molecular formula is C9H20O3. The Kier molecular flexibility index (Phi) is 6.34. The van der Waals surface area contributed by atoms with Crippen LogP contribution in [0.25, 0.3) is 0 Å². The zero-order valence-corrected chi connectivity index (χ0v) is 8.41. The highest BCUT2D eigenvalue weighted by Crippen LogP contribution is 1.97. The van der Waals surface area contributed by atoms with E-state index in [2.05, 4.69) is 0 Å². The summed E-state index contributed by atoms with van der Waals surface area (Å²) in [6.07, 6.45) is -0.0600. The van der Waals surface area contributed by atoms with Gasteiger partial charge >= 0.3 is 0 Å². The molecule has 0 saturated heterocycles. The minimum Gasteiger partial charge on any atom is -0.391 e. The number of aliphatic hydroxyl groups excluding tert-OH is 1. The van der Waals surface area contributed by atoms with E-state index in [1.807, 2.05) is 20.8 Å². The second kappa shape index (κ2) is 6.40. The summed E-state index contributed by atoms with van der Waals surface area (Å²) < 4.78 is 10.6. The lowest BCUT2D eigenvalue weighted by molar-refractivity contribution is -0.0492. The van der Waals surface area contributed by atoms with Crippen molar-refractivity contribution in [2.45, 2.75) is 46.0 Å². The molecule has 1 N–H and O–H groups in total. The van der Waals surface area contributed by atoms with Crippen LogP contribution < -0.4 is 0 Å². The van der Waals surface area contributed by atoms with E-state index in [0.29, 0.717) is 13.2 Å². The van der Waals surface area contributed by atoms with Gasteiger partial charge in [0.15, 0.2) is 0 Å². The normalized spacial score (nSPS) is 16.5. The monoisotopic (exact) mass is 176 g/mol. The molecule has 0 fully saturated rings. The summed E-state index contributed by atoms with van der Waals surface area (Å²) in [6.45, 7) is 8.57. The van der Waals surface area contributed by atoms with E-state index in [1.54, 1.807) is 6.92 Å². The molecule has 2 atom stereocenters. The molecule has 0 heterocycles. The number of ether oxygens (including phenoxy) is 2. The second-order valence-corrected chi connectivity index (χ2v) is 3.38. The topological polar surface area (TPSA) is 38.7 Å². The quantitative estimate of drug-likeness (QED) is 0.661. The molecule has 0 unspecified atom stereocenters. The van der Waals surface area contributed by atoms with Crippen LogP contribution in [0.5, 0.6) is 0 Å². The molecule has 0 aliphatic carbocycles. The van der Waals surface area contributed by atoms with Gasteiger partial charge < -0.3 is 14.6 Å². The van der Waals surface area contributed by atoms with Crippen LogP contribution in [0, 0.1) is 0 Å². The first kappa shape index (κ1) is 11.9. The van der Waals surface area contributed by atoms with Gasteiger partial charge in [-0.1, -0.05) is 0 Å². The molecule has 0 aliphatic heterocycles. The van der Waals surface area contributed by atoms with Crippen LogP contribution in [0.1, 0.15) is 27.7 Å². The van der Waals surface area contributed by atoms with E-state index in [9.17, 15) is 0 Å². The first-order chi connectivity index (χ1) is 5.52. The van der Waals surface area contributed by atoms with Gasteiger partial charge in [-0.3, -0.25) is 0 Å². The van der Waals surface area contributed by atoms with Crippen LogP contribution in [0.2, 0.25) is 0 Å². The Morgan fingerprint density at radius 2 is 1.67 bits per heavy atom. The van der Waals surface area contributed by atoms with Crippen molar-refractivity contribution in [3.8, 4) is 0 Å². The van der Waals surface area contributed by atoms with Crippen LogP contribution in [0.4, 0.5) is 0 Å². The molecule has 0 spiro atoms. The molecule has 0 aromatic heterocycles. The first-order valence-electron chi connectivity index (χ1n) is 4.43. The minimum absolute atomic E-state index is 0.101. The van der Waals surface area contributed by atoms with E-state index < -0.39 is 6.10 Å². The van der Waals surface area contributed by atoms with Gasteiger partial charge in [0.1, 0.15) is 0 Å². The van der Waals surface area contributed by atoms with Gasteiger partial charge in [-0.25, -0.2) is 0 Å². The van der Waals surface area contributed by atoms with Gasteiger partial charge in [0, 0.05) is 0 Å². The molecule has 0 aromatic rings. The Hall–Kier alpha value is -0.120. The Labute approximate surface area is 74.7 Å². The van der Waals surface area contributed by atoms with E-state index in [-0.39, 0.29) is 12.2 Å². The van der Waals surface area contributed by atoms with Crippen molar-refractivity contribution in [2.24, 2.45) is 0 Å². The fraction of sp³-hybridized carbons (Fsp3) is 1.00. The van der Waals surface area contributed by atoms with Crippen molar-refractivity contribution in [1.29, 1.82) is 0 Å². The predicted octanol–water partition coefficient (Wildman–Crippen LogP) is 1.20.